The largest absolute Gasteiger partial charge is 0.465 e. The highest BCUT2D eigenvalue weighted by Gasteiger charge is 2.36. The van der Waals surface area contributed by atoms with Crippen molar-refractivity contribution in [3.05, 3.63) is 0 Å². The fraction of sp³-hybridized carbons (Fsp3) is 0.875. The van der Waals surface area contributed by atoms with Gasteiger partial charge in [0.25, 0.3) is 0 Å². The first-order chi connectivity index (χ1) is 9.24. The second kappa shape index (κ2) is 8.98. The molecule has 0 aromatic carbocycles. The van der Waals surface area contributed by atoms with Crippen molar-refractivity contribution in [3.8, 4) is 0 Å². The molecule has 0 rings (SSSR count). The fourth-order valence-electron chi connectivity index (χ4n) is 2.23. The standard InChI is InChI=1S/C16H30O4/c1-7-9-13(17)19-11-16(5,6)15(12(3)4)20-14(18)10-8-2/h12,15H,7-11H2,1-6H3. The van der Waals surface area contributed by atoms with E-state index in [9.17, 15) is 9.59 Å². The lowest BCUT2D eigenvalue weighted by Crippen LogP contribution is -2.41. The summed E-state index contributed by atoms with van der Waals surface area (Å²) in [5.41, 5.74) is -0.388. The first-order valence-corrected chi connectivity index (χ1v) is 7.59. The quantitative estimate of drug-likeness (QED) is 0.606. The van der Waals surface area contributed by atoms with Gasteiger partial charge in [-0.15, -0.1) is 0 Å². The van der Waals surface area contributed by atoms with E-state index in [1.165, 1.54) is 0 Å². The van der Waals surface area contributed by atoms with E-state index in [0.29, 0.717) is 12.8 Å². The summed E-state index contributed by atoms with van der Waals surface area (Å²) in [5, 5.41) is 0. The van der Waals surface area contributed by atoms with Gasteiger partial charge in [0.2, 0.25) is 0 Å². The molecule has 0 bridgehead atoms. The molecule has 0 amide bonds. The molecule has 0 N–H and O–H groups in total. The molecule has 0 spiro atoms. The van der Waals surface area contributed by atoms with E-state index in [0.717, 1.165) is 12.8 Å². The van der Waals surface area contributed by atoms with Gasteiger partial charge < -0.3 is 9.47 Å². The Balaban J connectivity index is 4.62. The maximum atomic E-state index is 11.7. The molecule has 0 heterocycles. The van der Waals surface area contributed by atoms with E-state index in [1.807, 2.05) is 41.5 Å². The lowest BCUT2D eigenvalue weighted by Gasteiger charge is -2.36. The molecule has 0 saturated carbocycles. The average Bonchev–Trinajstić information content (AvgIpc) is 2.34. The molecule has 0 aliphatic rings. The first kappa shape index (κ1) is 18.9. The molecule has 0 aliphatic heterocycles. The van der Waals surface area contributed by atoms with Crippen LogP contribution in [-0.4, -0.2) is 24.6 Å². The molecule has 0 radical (unpaired) electrons. The zero-order valence-corrected chi connectivity index (χ0v) is 13.8. The number of hydrogen-bond acceptors (Lipinski definition) is 4. The van der Waals surface area contributed by atoms with Crippen molar-refractivity contribution in [2.45, 2.75) is 73.3 Å². The van der Waals surface area contributed by atoms with Crippen LogP contribution in [0.1, 0.15) is 67.2 Å². The molecule has 1 atom stereocenters. The van der Waals surface area contributed by atoms with Crippen LogP contribution in [0.5, 0.6) is 0 Å². The Kier molecular flexibility index (Phi) is 8.51. The summed E-state index contributed by atoms with van der Waals surface area (Å²) in [7, 11) is 0. The normalized spacial score (nSPS) is 13.2. The lowest BCUT2D eigenvalue weighted by molar-refractivity contribution is -0.165. The van der Waals surface area contributed by atoms with E-state index in [2.05, 4.69) is 0 Å². The summed E-state index contributed by atoms with van der Waals surface area (Å²) in [6.45, 7) is 12.1. The minimum atomic E-state index is -0.388. The second-order valence-electron chi connectivity index (χ2n) is 6.30. The molecule has 0 aliphatic carbocycles. The Morgan fingerprint density at radius 1 is 1.00 bits per heavy atom. The topological polar surface area (TPSA) is 52.6 Å². The third-order valence-electron chi connectivity index (χ3n) is 3.15. The van der Waals surface area contributed by atoms with Crippen molar-refractivity contribution in [1.82, 2.24) is 0 Å². The minimum Gasteiger partial charge on any atom is -0.465 e. The summed E-state index contributed by atoms with van der Waals surface area (Å²) in [6, 6.07) is 0. The van der Waals surface area contributed by atoms with Crippen LogP contribution in [0.15, 0.2) is 0 Å². The molecule has 1 unspecified atom stereocenters. The Morgan fingerprint density at radius 3 is 1.95 bits per heavy atom. The smallest absolute Gasteiger partial charge is 0.306 e. The predicted octanol–water partition coefficient (Wildman–Crippen LogP) is 3.72. The van der Waals surface area contributed by atoms with Gasteiger partial charge in [0.05, 0.1) is 6.61 Å². The van der Waals surface area contributed by atoms with E-state index in [-0.39, 0.29) is 36.0 Å². The van der Waals surface area contributed by atoms with Crippen LogP contribution < -0.4 is 0 Å². The number of carbonyl (C=O) groups is 2. The molecule has 0 aromatic rings. The van der Waals surface area contributed by atoms with E-state index >= 15 is 0 Å². The zero-order chi connectivity index (χ0) is 15.8. The van der Waals surface area contributed by atoms with Crippen molar-refractivity contribution in [3.63, 3.8) is 0 Å². The molecule has 20 heavy (non-hydrogen) atoms. The molecule has 0 aromatic heterocycles. The number of rotatable bonds is 9. The van der Waals surface area contributed by atoms with Crippen molar-refractivity contribution in [2.75, 3.05) is 6.61 Å². The summed E-state index contributed by atoms with van der Waals surface area (Å²) < 4.78 is 10.9. The molecule has 0 saturated heterocycles. The predicted molar refractivity (Wildman–Crippen MR) is 79.3 cm³/mol. The number of ether oxygens (including phenoxy) is 2. The van der Waals surface area contributed by atoms with Crippen molar-refractivity contribution in [2.24, 2.45) is 11.3 Å². The van der Waals surface area contributed by atoms with Gasteiger partial charge in [-0.05, 0) is 18.8 Å². The summed E-state index contributed by atoms with van der Waals surface area (Å²) in [4.78, 5) is 23.2. The third kappa shape index (κ3) is 6.92. The fourth-order valence-corrected chi connectivity index (χ4v) is 2.23. The first-order valence-electron chi connectivity index (χ1n) is 7.59. The summed E-state index contributed by atoms with van der Waals surface area (Å²) >= 11 is 0. The molecular weight excluding hydrogens is 256 g/mol. The monoisotopic (exact) mass is 286 g/mol. The minimum absolute atomic E-state index is 0.177. The van der Waals surface area contributed by atoms with Gasteiger partial charge in [-0.3, -0.25) is 9.59 Å². The Bertz CT molecular complexity index is 308. The maximum absolute atomic E-state index is 11.7. The Morgan fingerprint density at radius 2 is 1.50 bits per heavy atom. The molecule has 118 valence electrons. The van der Waals surface area contributed by atoms with Gasteiger partial charge >= 0.3 is 11.9 Å². The van der Waals surface area contributed by atoms with Gasteiger partial charge in [-0.1, -0.05) is 41.5 Å². The van der Waals surface area contributed by atoms with Crippen LogP contribution in [-0.2, 0) is 19.1 Å². The SMILES string of the molecule is CCCC(=O)OCC(C)(C)C(OC(=O)CCC)C(C)C. The highest BCUT2D eigenvalue weighted by Crippen LogP contribution is 2.30. The Labute approximate surface area is 123 Å². The third-order valence-corrected chi connectivity index (χ3v) is 3.15. The van der Waals surface area contributed by atoms with Crippen LogP contribution in [0.25, 0.3) is 0 Å². The number of hydrogen-bond donors (Lipinski definition) is 0. The highest BCUT2D eigenvalue weighted by molar-refractivity contribution is 5.70. The Hall–Kier alpha value is -1.06. The number of esters is 2. The second-order valence-corrected chi connectivity index (χ2v) is 6.30. The average molecular weight is 286 g/mol. The van der Waals surface area contributed by atoms with E-state index in [1.54, 1.807) is 0 Å². The maximum Gasteiger partial charge on any atom is 0.306 e. The zero-order valence-electron chi connectivity index (χ0n) is 13.8. The van der Waals surface area contributed by atoms with Gasteiger partial charge in [0.1, 0.15) is 6.10 Å². The lowest BCUT2D eigenvalue weighted by atomic mass is 9.81. The van der Waals surface area contributed by atoms with Crippen LogP contribution in [0.2, 0.25) is 0 Å². The van der Waals surface area contributed by atoms with Gasteiger partial charge in [-0.25, -0.2) is 0 Å². The highest BCUT2D eigenvalue weighted by atomic mass is 16.6. The van der Waals surface area contributed by atoms with Crippen molar-refractivity contribution < 1.29 is 19.1 Å². The van der Waals surface area contributed by atoms with Crippen molar-refractivity contribution >= 4 is 11.9 Å². The molecule has 0 fully saturated rings. The van der Waals surface area contributed by atoms with Crippen LogP contribution >= 0.6 is 0 Å². The van der Waals surface area contributed by atoms with Crippen LogP contribution in [0, 0.1) is 11.3 Å². The summed E-state index contributed by atoms with van der Waals surface area (Å²) in [5.74, 6) is -0.196. The van der Waals surface area contributed by atoms with Gasteiger partial charge in [0, 0.05) is 18.3 Å². The molecule has 4 heteroatoms. The van der Waals surface area contributed by atoms with E-state index < -0.39 is 0 Å². The van der Waals surface area contributed by atoms with Crippen LogP contribution in [0.4, 0.5) is 0 Å². The van der Waals surface area contributed by atoms with Crippen LogP contribution in [0.3, 0.4) is 0 Å². The molecule has 4 nitrogen and oxygen atoms in total. The van der Waals surface area contributed by atoms with Gasteiger partial charge in [-0.2, -0.15) is 0 Å². The molecular formula is C16H30O4. The van der Waals surface area contributed by atoms with Gasteiger partial charge in [0.15, 0.2) is 0 Å². The number of carbonyl (C=O) groups excluding carboxylic acids is 2. The van der Waals surface area contributed by atoms with E-state index in [4.69, 9.17) is 9.47 Å². The van der Waals surface area contributed by atoms with Crippen molar-refractivity contribution in [1.29, 1.82) is 0 Å². The summed E-state index contributed by atoms with van der Waals surface area (Å²) in [6.07, 6.45) is 2.15.